The molecule has 1 aromatic rings. The van der Waals surface area contributed by atoms with Gasteiger partial charge in [-0.1, -0.05) is 13.8 Å². The molecule has 0 aliphatic rings. The first-order valence-electron chi connectivity index (χ1n) is 5.63. The number of rotatable bonds is 6. The molecule has 1 aromatic carbocycles. The van der Waals surface area contributed by atoms with Gasteiger partial charge in [-0.25, -0.2) is 0 Å². The van der Waals surface area contributed by atoms with Crippen LogP contribution in [0.5, 0.6) is 5.75 Å². The summed E-state index contributed by atoms with van der Waals surface area (Å²) >= 11 is 0. The molecule has 0 fully saturated rings. The lowest BCUT2D eigenvalue weighted by molar-refractivity contribution is 0.0819. The Morgan fingerprint density at radius 2 is 2.12 bits per heavy atom. The Labute approximate surface area is 102 Å². The van der Waals surface area contributed by atoms with E-state index in [1.807, 2.05) is 6.07 Å². The van der Waals surface area contributed by atoms with Crippen LogP contribution >= 0.6 is 0 Å². The summed E-state index contributed by atoms with van der Waals surface area (Å²) in [5.41, 5.74) is 6.57. The second-order valence-electron chi connectivity index (χ2n) is 4.18. The SMILES string of the molecule is CC(C)COCCOc1ccc(C#N)c(N)c1. The van der Waals surface area contributed by atoms with Crippen molar-refractivity contribution >= 4 is 5.69 Å². The largest absolute Gasteiger partial charge is 0.491 e. The average molecular weight is 234 g/mol. The Morgan fingerprint density at radius 3 is 2.71 bits per heavy atom. The zero-order valence-electron chi connectivity index (χ0n) is 10.3. The fourth-order valence-corrected chi connectivity index (χ4v) is 1.27. The maximum atomic E-state index is 8.72. The van der Waals surface area contributed by atoms with E-state index in [-0.39, 0.29) is 0 Å². The van der Waals surface area contributed by atoms with Crippen molar-refractivity contribution in [2.75, 3.05) is 25.6 Å². The Bertz CT molecular complexity index is 397. The van der Waals surface area contributed by atoms with Gasteiger partial charge in [0.1, 0.15) is 18.4 Å². The monoisotopic (exact) mass is 234 g/mol. The van der Waals surface area contributed by atoms with E-state index in [0.717, 1.165) is 6.61 Å². The van der Waals surface area contributed by atoms with E-state index >= 15 is 0 Å². The number of benzene rings is 1. The van der Waals surface area contributed by atoms with Gasteiger partial charge in [-0.2, -0.15) is 5.26 Å². The minimum atomic E-state index is 0.438. The topological polar surface area (TPSA) is 68.3 Å². The van der Waals surface area contributed by atoms with Crippen LogP contribution in [0.4, 0.5) is 5.69 Å². The molecule has 0 aromatic heterocycles. The number of nitriles is 1. The maximum Gasteiger partial charge on any atom is 0.121 e. The summed E-state index contributed by atoms with van der Waals surface area (Å²) in [6.45, 7) is 5.97. The van der Waals surface area contributed by atoms with Crippen LogP contribution < -0.4 is 10.5 Å². The van der Waals surface area contributed by atoms with Crippen molar-refractivity contribution in [2.24, 2.45) is 5.92 Å². The minimum Gasteiger partial charge on any atom is -0.491 e. The van der Waals surface area contributed by atoms with Gasteiger partial charge in [0.2, 0.25) is 0 Å². The molecule has 4 nitrogen and oxygen atoms in total. The molecular weight excluding hydrogens is 216 g/mol. The van der Waals surface area contributed by atoms with Gasteiger partial charge < -0.3 is 15.2 Å². The highest BCUT2D eigenvalue weighted by Gasteiger charge is 2.00. The summed E-state index contributed by atoms with van der Waals surface area (Å²) in [4.78, 5) is 0. The summed E-state index contributed by atoms with van der Waals surface area (Å²) in [5.74, 6) is 1.19. The molecule has 4 heteroatoms. The van der Waals surface area contributed by atoms with Crippen molar-refractivity contribution < 1.29 is 9.47 Å². The zero-order chi connectivity index (χ0) is 12.7. The van der Waals surface area contributed by atoms with Crippen LogP contribution in [0.1, 0.15) is 19.4 Å². The standard InChI is InChI=1S/C13H18N2O2/c1-10(2)9-16-5-6-17-12-4-3-11(8-14)13(15)7-12/h3-4,7,10H,5-6,9,15H2,1-2H3. The molecule has 0 spiro atoms. The molecule has 2 N–H and O–H groups in total. The molecule has 0 unspecified atom stereocenters. The van der Waals surface area contributed by atoms with Crippen LogP contribution in [0.15, 0.2) is 18.2 Å². The first-order chi connectivity index (χ1) is 8.13. The predicted molar refractivity (Wildman–Crippen MR) is 66.7 cm³/mol. The van der Waals surface area contributed by atoms with E-state index in [2.05, 4.69) is 13.8 Å². The second kappa shape index (κ2) is 6.77. The van der Waals surface area contributed by atoms with Crippen molar-refractivity contribution in [1.82, 2.24) is 0 Å². The van der Waals surface area contributed by atoms with E-state index in [4.69, 9.17) is 20.5 Å². The molecule has 92 valence electrons. The molecule has 17 heavy (non-hydrogen) atoms. The third-order valence-corrected chi connectivity index (χ3v) is 2.09. The minimum absolute atomic E-state index is 0.438. The van der Waals surface area contributed by atoms with Gasteiger partial charge in [0.25, 0.3) is 0 Å². The Kier molecular flexibility index (Phi) is 5.31. The molecule has 0 bridgehead atoms. The molecule has 0 radical (unpaired) electrons. The van der Waals surface area contributed by atoms with Crippen molar-refractivity contribution in [2.45, 2.75) is 13.8 Å². The number of nitrogens with zero attached hydrogens (tertiary/aromatic N) is 1. The van der Waals surface area contributed by atoms with E-state index in [0.29, 0.717) is 36.1 Å². The van der Waals surface area contributed by atoms with Crippen molar-refractivity contribution in [3.8, 4) is 11.8 Å². The van der Waals surface area contributed by atoms with Crippen molar-refractivity contribution in [3.05, 3.63) is 23.8 Å². The number of nitrogens with two attached hydrogens (primary N) is 1. The molecule has 0 amide bonds. The van der Waals surface area contributed by atoms with Crippen LogP contribution in [0.2, 0.25) is 0 Å². The van der Waals surface area contributed by atoms with Crippen molar-refractivity contribution in [3.63, 3.8) is 0 Å². The number of anilines is 1. The molecule has 0 aliphatic carbocycles. The number of nitrogen functional groups attached to an aromatic ring is 1. The predicted octanol–water partition coefficient (Wildman–Crippen LogP) is 2.19. The summed E-state index contributed by atoms with van der Waals surface area (Å²) in [5, 5.41) is 8.72. The van der Waals surface area contributed by atoms with Crippen LogP contribution in [0, 0.1) is 17.2 Å². The molecule has 1 rings (SSSR count). The Balaban J connectivity index is 2.33. The summed E-state index contributed by atoms with van der Waals surface area (Å²) < 4.78 is 10.8. The fraction of sp³-hybridized carbons (Fsp3) is 0.462. The van der Waals surface area contributed by atoms with Gasteiger partial charge in [0.05, 0.1) is 17.9 Å². The normalized spacial score (nSPS) is 10.2. The Morgan fingerprint density at radius 1 is 1.35 bits per heavy atom. The highest BCUT2D eigenvalue weighted by Crippen LogP contribution is 2.18. The number of hydrogen-bond acceptors (Lipinski definition) is 4. The van der Waals surface area contributed by atoms with Crippen LogP contribution in [-0.4, -0.2) is 19.8 Å². The second-order valence-corrected chi connectivity index (χ2v) is 4.18. The van der Waals surface area contributed by atoms with Gasteiger partial charge in [-0.15, -0.1) is 0 Å². The van der Waals surface area contributed by atoms with E-state index in [1.54, 1.807) is 18.2 Å². The quantitative estimate of drug-likeness (QED) is 0.605. The number of hydrogen-bond donors (Lipinski definition) is 1. The lowest BCUT2D eigenvalue weighted by Crippen LogP contribution is -2.10. The van der Waals surface area contributed by atoms with Crippen LogP contribution in [0.25, 0.3) is 0 Å². The van der Waals surface area contributed by atoms with E-state index in [9.17, 15) is 0 Å². The van der Waals surface area contributed by atoms with Gasteiger partial charge in [0.15, 0.2) is 0 Å². The van der Waals surface area contributed by atoms with Crippen molar-refractivity contribution in [1.29, 1.82) is 5.26 Å². The van der Waals surface area contributed by atoms with Gasteiger partial charge in [-0.3, -0.25) is 0 Å². The molecule has 0 saturated carbocycles. The average Bonchev–Trinajstić information content (AvgIpc) is 2.28. The summed E-state index contributed by atoms with van der Waals surface area (Å²) in [6.07, 6.45) is 0. The molecular formula is C13H18N2O2. The highest BCUT2D eigenvalue weighted by molar-refractivity contribution is 5.56. The van der Waals surface area contributed by atoms with E-state index < -0.39 is 0 Å². The first kappa shape index (κ1) is 13.3. The highest BCUT2D eigenvalue weighted by atomic mass is 16.5. The fourth-order valence-electron chi connectivity index (χ4n) is 1.27. The van der Waals surface area contributed by atoms with Gasteiger partial charge in [0, 0.05) is 12.7 Å². The lowest BCUT2D eigenvalue weighted by Gasteiger charge is -2.09. The maximum absolute atomic E-state index is 8.72. The molecule has 0 heterocycles. The number of ether oxygens (including phenoxy) is 2. The zero-order valence-corrected chi connectivity index (χ0v) is 10.3. The van der Waals surface area contributed by atoms with E-state index in [1.165, 1.54) is 0 Å². The smallest absolute Gasteiger partial charge is 0.121 e. The summed E-state index contributed by atoms with van der Waals surface area (Å²) in [6, 6.07) is 7.05. The van der Waals surface area contributed by atoms with Crippen LogP contribution in [-0.2, 0) is 4.74 Å². The molecule has 0 aliphatic heterocycles. The van der Waals surface area contributed by atoms with Gasteiger partial charge >= 0.3 is 0 Å². The third-order valence-electron chi connectivity index (χ3n) is 2.09. The lowest BCUT2D eigenvalue weighted by atomic mass is 10.2. The first-order valence-corrected chi connectivity index (χ1v) is 5.63. The van der Waals surface area contributed by atoms with Gasteiger partial charge in [-0.05, 0) is 18.1 Å². The molecule has 0 atom stereocenters. The Hall–Kier alpha value is -1.73. The third kappa shape index (κ3) is 4.75. The molecule has 0 saturated heterocycles. The van der Waals surface area contributed by atoms with Crippen LogP contribution in [0.3, 0.4) is 0 Å². The summed E-state index contributed by atoms with van der Waals surface area (Å²) in [7, 11) is 0.